The summed E-state index contributed by atoms with van der Waals surface area (Å²) in [5.74, 6) is -0.910. The number of thioether (sulfide) groups is 1. The first kappa shape index (κ1) is 19.9. The Bertz CT molecular complexity index is 530. The van der Waals surface area contributed by atoms with E-state index in [0.29, 0.717) is 24.4 Å². The lowest BCUT2D eigenvalue weighted by Crippen LogP contribution is -2.38. The predicted octanol–water partition coefficient (Wildman–Crippen LogP) is 3.39. The van der Waals surface area contributed by atoms with Crippen LogP contribution in [0.1, 0.15) is 26.3 Å². The van der Waals surface area contributed by atoms with Gasteiger partial charge < -0.3 is 9.80 Å². The lowest BCUT2D eigenvalue weighted by Gasteiger charge is -2.26. The molecule has 1 rings (SSSR count). The van der Waals surface area contributed by atoms with Gasteiger partial charge in [0.05, 0.1) is 5.75 Å². The maximum atomic E-state index is 13.9. The maximum absolute atomic E-state index is 13.9. The highest BCUT2D eigenvalue weighted by molar-refractivity contribution is 8.01. The number of carbonyl (C=O) groups excluding carboxylic acids is 1. The van der Waals surface area contributed by atoms with Gasteiger partial charge in [-0.3, -0.25) is 4.79 Å². The molecule has 0 fully saturated rings. The second kappa shape index (κ2) is 8.64. The quantitative estimate of drug-likeness (QED) is 0.757. The number of carbonyl (C=O) groups is 1. The van der Waals surface area contributed by atoms with E-state index in [1.807, 2.05) is 19.0 Å². The molecular formula is C17H26F2N2OS. The molecule has 23 heavy (non-hydrogen) atoms. The predicted molar refractivity (Wildman–Crippen MR) is 92.5 cm³/mol. The van der Waals surface area contributed by atoms with Crippen molar-refractivity contribution in [2.24, 2.45) is 0 Å². The molecule has 1 aromatic rings. The minimum Gasteiger partial charge on any atom is -0.336 e. The lowest BCUT2D eigenvalue weighted by molar-refractivity contribution is -0.129. The van der Waals surface area contributed by atoms with E-state index in [0.717, 1.165) is 6.07 Å². The van der Waals surface area contributed by atoms with Crippen LogP contribution < -0.4 is 0 Å². The Hall–Kier alpha value is -1.14. The van der Waals surface area contributed by atoms with E-state index in [9.17, 15) is 13.6 Å². The van der Waals surface area contributed by atoms with E-state index in [1.54, 1.807) is 16.7 Å². The summed E-state index contributed by atoms with van der Waals surface area (Å²) in [7, 11) is 3.84. The highest BCUT2D eigenvalue weighted by atomic mass is 32.2. The first-order valence-electron chi connectivity index (χ1n) is 7.59. The molecule has 3 nitrogen and oxygen atoms in total. The van der Waals surface area contributed by atoms with Gasteiger partial charge in [0.2, 0.25) is 5.91 Å². The third-order valence-electron chi connectivity index (χ3n) is 3.17. The summed E-state index contributed by atoms with van der Waals surface area (Å²) in [4.78, 5) is 16.1. The Labute approximate surface area is 142 Å². The molecule has 0 aliphatic carbocycles. The molecule has 0 aliphatic rings. The smallest absolute Gasteiger partial charge is 0.232 e. The lowest BCUT2D eigenvalue weighted by atomic mass is 10.2. The average molecular weight is 344 g/mol. The van der Waals surface area contributed by atoms with Gasteiger partial charge >= 0.3 is 0 Å². The van der Waals surface area contributed by atoms with Gasteiger partial charge in [-0.15, -0.1) is 11.8 Å². The number of nitrogens with zero attached hydrogens (tertiary/aromatic N) is 2. The number of likely N-dealkylation sites (N-methyl/N-ethyl adjacent to an activating group) is 1. The van der Waals surface area contributed by atoms with E-state index in [1.165, 1.54) is 12.1 Å². The minimum absolute atomic E-state index is 0.00992. The van der Waals surface area contributed by atoms with Gasteiger partial charge in [0, 0.05) is 36.0 Å². The van der Waals surface area contributed by atoms with Crippen LogP contribution in [0.25, 0.3) is 0 Å². The van der Waals surface area contributed by atoms with Gasteiger partial charge in [-0.05, 0) is 20.2 Å². The van der Waals surface area contributed by atoms with Gasteiger partial charge in [-0.25, -0.2) is 8.78 Å². The van der Waals surface area contributed by atoms with Crippen LogP contribution in [0.3, 0.4) is 0 Å². The molecule has 0 atom stereocenters. The third-order valence-corrected chi connectivity index (χ3v) is 4.43. The first-order chi connectivity index (χ1) is 10.6. The zero-order valence-corrected chi connectivity index (χ0v) is 15.3. The van der Waals surface area contributed by atoms with Crippen molar-refractivity contribution in [1.82, 2.24) is 9.80 Å². The molecule has 1 aromatic carbocycles. The number of benzene rings is 1. The number of halogens is 2. The maximum Gasteiger partial charge on any atom is 0.232 e. The van der Waals surface area contributed by atoms with E-state index in [4.69, 9.17) is 0 Å². The van der Waals surface area contributed by atoms with Crippen LogP contribution in [0.2, 0.25) is 0 Å². The van der Waals surface area contributed by atoms with Crippen molar-refractivity contribution < 1.29 is 13.6 Å². The van der Waals surface area contributed by atoms with Crippen molar-refractivity contribution >= 4 is 17.7 Å². The van der Waals surface area contributed by atoms with Crippen LogP contribution in [0, 0.1) is 11.6 Å². The SMILES string of the molecule is CN(C)CCN(Cc1ccc(F)cc1F)C(=O)CSC(C)(C)C. The standard InChI is InChI=1S/C17H26F2N2OS/c1-17(2,3)23-12-16(22)21(9-8-20(4)5)11-13-6-7-14(18)10-15(13)19/h6-7,10H,8-9,11-12H2,1-5H3. The van der Waals surface area contributed by atoms with Gasteiger partial charge in [-0.2, -0.15) is 0 Å². The zero-order chi connectivity index (χ0) is 17.6. The normalized spacial score (nSPS) is 11.8. The topological polar surface area (TPSA) is 23.6 Å². The van der Waals surface area contributed by atoms with E-state index in [2.05, 4.69) is 20.8 Å². The molecule has 0 heterocycles. The van der Waals surface area contributed by atoms with Gasteiger partial charge in [-0.1, -0.05) is 26.8 Å². The fraction of sp³-hybridized carbons (Fsp3) is 0.588. The fourth-order valence-electron chi connectivity index (χ4n) is 1.84. The molecular weight excluding hydrogens is 318 g/mol. The van der Waals surface area contributed by atoms with Gasteiger partial charge in [0.25, 0.3) is 0 Å². The van der Waals surface area contributed by atoms with Crippen LogP contribution in [-0.4, -0.2) is 53.4 Å². The molecule has 6 heteroatoms. The Kier molecular flexibility index (Phi) is 7.48. The van der Waals surface area contributed by atoms with Gasteiger partial charge in [0.1, 0.15) is 11.6 Å². The molecule has 0 unspecified atom stereocenters. The minimum atomic E-state index is -0.615. The van der Waals surface area contributed by atoms with Crippen LogP contribution >= 0.6 is 11.8 Å². The van der Waals surface area contributed by atoms with Crippen molar-refractivity contribution in [3.05, 3.63) is 35.4 Å². The summed E-state index contributed by atoms with van der Waals surface area (Å²) in [6, 6.07) is 3.47. The molecule has 130 valence electrons. The van der Waals surface area contributed by atoms with E-state index in [-0.39, 0.29) is 17.2 Å². The largest absolute Gasteiger partial charge is 0.336 e. The van der Waals surface area contributed by atoms with Crippen molar-refractivity contribution in [3.8, 4) is 0 Å². The number of hydrogen-bond acceptors (Lipinski definition) is 3. The molecule has 0 bridgehead atoms. The summed E-state index contributed by atoms with van der Waals surface area (Å²) < 4.78 is 26.9. The monoisotopic (exact) mass is 344 g/mol. The second-order valence-electron chi connectivity index (χ2n) is 6.76. The second-order valence-corrected chi connectivity index (χ2v) is 8.56. The highest BCUT2D eigenvalue weighted by Crippen LogP contribution is 2.23. The number of hydrogen-bond donors (Lipinski definition) is 0. The zero-order valence-electron chi connectivity index (χ0n) is 14.5. The molecule has 0 saturated heterocycles. The van der Waals surface area contributed by atoms with Crippen molar-refractivity contribution in [3.63, 3.8) is 0 Å². The van der Waals surface area contributed by atoms with E-state index >= 15 is 0 Å². The average Bonchev–Trinajstić information content (AvgIpc) is 2.42. The highest BCUT2D eigenvalue weighted by Gasteiger charge is 2.19. The molecule has 0 spiro atoms. The summed E-state index contributed by atoms with van der Waals surface area (Å²) in [5, 5.41) is 0. The molecule has 0 radical (unpaired) electrons. The van der Waals surface area contributed by atoms with Crippen molar-refractivity contribution in [2.75, 3.05) is 32.9 Å². The Balaban J connectivity index is 2.80. The summed E-state index contributed by atoms with van der Waals surface area (Å²) >= 11 is 1.56. The Morgan fingerprint density at radius 2 is 1.83 bits per heavy atom. The fourth-order valence-corrected chi connectivity index (χ4v) is 2.58. The van der Waals surface area contributed by atoms with Crippen LogP contribution in [0.5, 0.6) is 0 Å². The summed E-state index contributed by atoms with van der Waals surface area (Å²) in [6.45, 7) is 7.50. The van der Waals surface area contributed by atoms with Crippen LogP contribution in [0.4, 0.5) is 8.78 Å². The molecule has 1 amide bonds. The number of amides is 1. The Morgan fingerprint density at radius 3 is 2.35 bits per heavy atom. The van der Waals surface area contributed by atoms with Crippen molar-refractivity contribution in [2.45, 2.75) is 32.1 Å². The molecule has 0 N–H and O–H groups in total. The van der Waals surface area contributed by atoms with Gasteiger partial charge in [0.15, 0.2) is 0 Å². The first-order valence-corrected chi connectivity index (χ1v) is 8.57. The summed E-state index contributed by atoms with van der Waals surface area (Å²) in [5.41, 5.74) is 0.333. The van der Waals surface area contributed by atoms with E-state index < -0.39 is 11.6 Å². The van der Waals surface area contributed by atoms with Crippen molar-refractivity contribution in [1.29, 1.82) is 0 Å². The van der Waals surface area contributed by atoms with Crippen LogP contribution in [0.15, 0.2) is 18.2 Å². The third kappa shape index (κ3) is 7.79. The molecule has 0 aromatic heterocycles. The number of rotatable bonds is 7. The Morgan fingerprint density at radius 1 is 1.17 bits per heavy atom. The molecule has 0 saturated carbocycles. The summed E-state index contributed by atoms with van der Waals surface area (Å²) in [6.07, 6.45) is 0. The molecule has 0 aliphatic heterocycles. The van der Waals surface area contributed by atoms with Crippen LogP contribution in [-0.2, 0) is 11.3 Å².